The number of nitrogens with zero attached hydrogens (tertiary/aromatic N) is 2. The molecule has 0 saturated carbocycles. The molecule has 2 aromatic carbocycles. The van der Waals surface area contributed by atoms with Gasteiger partial charge in [0.15, 0.2) is 0 Å². The van der Waals surface area contributed by atoms with Crippen LogP contribution in [0.3, 0.4) is 0 Å². The van der Waals surface area contributed by atoms with Crippen molar-refractivity contribution in [2.45, 2.75) is 13.1 Å². The molecule has 0 aliphatic carbocycles. The highest BCUT2D eigenvalue weighted by atomic mass is 19.1. The van der Waals surface area contributed by atoms with Crippen molar-refractivity contribution in [1.82, 2.24) is 9.80 Å². The number of halogens is 1. The molecule has 0 unspecified atom stereocenters. The maximum absolute atomic E-state index is 13.2. The Balaban J connectivity index is 1.79. The van der Waals surface area contributed by atoms with Crippen LogP contribution in [0.2, 0.25) is 0 Å². The second kappa shape index (κ2) is 8.53. The number of hydrogen-bond donors (Lipinski definition) is 0. The Bertz CT molecular complexity index is 810. The van der Waals surface area contributed by atoms with Gasteiger partial charge >= 0.3 is 6.09 Å². The number of carbonyl (C=O) groups is 2. The van der Waals surface area contributed by atoms with Gasteiger partial charge in [-0.15, -0.1) is 0 Å². The van der Waals surface area contributed by atoms with E-state index in [4.69, 9.17) is 9.47 Å². The van der Waals surface area contributed by atoms with Gasteiger partial charge in [0.1, 0.15) is 24.7 Å². The fraction of sp³-hybridized carbons (Fsp3) is 0.300. The van der Waals surface area contributed by atoms with Crippen LogP contribution in [-0.2, 0) is 22.6 Å². The lowest BCUT2D eigenvalue weighted by Gasteiger charge is -2.25. The summed E-state index contributed by atoms with van der Waals surface area (Å²) in [4.78, 5) is 27.5. The van der Waals surface area contributed by atoms with Gasteiger partial charge in [0.05, 0.1) is 13.7 Å². The van der Waals surface area contributed by atoms with Gasteiger partial charge < -0.3 is 14.4 Å². The smallest absolute Gasteiger partial charge is 0.410 e. The average Bonchev–Trinajstić information content (AvgIpc) is 3.08. The van der Waals surface area contributed by atoms with Gasteiger partial charge in [0.2, 0.25) is 5.91 Å². The molecular weight excluding hydrogens is 351 g/mol. The minimum Gasteiger partial charge on any atom is -0.496 e. The summed E-state index contributed by atoms with van der Waals surface area (Å²) in [5, 5.41) is 0. The van der Waals surface area contributed by atoms with E-state index in [1.807, 2.05) is 24.3 Å². The third kappa shape index (κ3) is 4.75. The van der Waals surface area contributed by atoms with Crippen molar-refractivity contribution in [2.24, 2.45) is 0 Å². The molecule has 0 spiro atoms. The van der Waals surface area contributed by atoms with Crippen molar-refractivity contribution < 1.29 is 23.5 Å². The molecule has 1 saturated heterocycles. The molecule has 1 aliphatic heterocycles. The molecule has 1 aliphatic rings. The number of methoxy groups -OCH3 is 1. The van der Waals surface area contributed by atoms with Gasteiger partial charge in [-0.05, 0) is 23.8 Å². The zero-order chi connectivity index (χ0) is 19.2. The molecular formula is C20H21FN2O4. The van der Waals surface area contributed by atoms with Crippen molar-refractivity contribution in [3.8, 4) is 5.75 Å². The second-order valence-corrected chi connectivity index (χ2v) is 6.22. The highest BCUT2D eigenvalue weighted by Gasteiger charge is 2.27. The quantitative estimate of drug-likeness (QED) is 0.750. The van der Waals surface area contributed by atoms with Crippen molar-refractivity contribution in [2.75, 3.05) is 26.8 Å². The number of carbonyl (C=O) groups excluding carboxylic acids is 2. The van der Waals surface area contributed by atoms with E-state index in [1.54, 1.807) is 24.1 Å². The third-order valence-corrected chi connectivity index (χ3v) is 4.36. The molecule has 0 aromatic heterocycles. The van der Waals surface area contributed by atoms with E-state index in [0.717, 1.165) is 11.1 Å². The second-order valence-electron chi connectivity index (χ2n) is 6.22. The van der Waals surface area contributed by atoms with Crippen LogP contribution >= 0.6 is 0 Å². The molecule has 1 fully saturated rings. The van der Waals surface area contributed by atoms with Crippen molar-refractivity contribution >= 4 is 12.0 Å². The third-order valence-electron chi connectivity index (χ3n) is 4.36. The molecule has 142 valence electrons. The Labute approximate surface area is 157 Å². The van der Waals surface area contributed by atoms with E-state index in [2.05, 4.69) is 0 Å². The molecule has 0 radical (unpaired) electrons. The predicted molar refractivity (Wildman–Crippen MR) is 96.6 cm³/mol. The first-order valence-electron chi connectivity index (χ1n) is 8.62. The van der Waals surface area contributed by atoms with Crippen LogP contribution in [0.5, 0.6) is 5.75 Å². The Morgan fingerprint density at radius 1 is 1.19 bits per heavy atom. The van der Waals surface area contributed by atoms with Crippen LogP contribution in [-0.4, -0.2) is 48.6 Å². The van der Waals surface area contributed by atoms with Crippen LogP contribution in [0.1, 0.15) is 11.1 Å². The first kappa shape index (κ1) is 18.7. The molecule has 3 rings (SSSR count). The first-order valence-corrected chi connectivity index (χ1v) is 8.62. The van der Waals surface area contributed by atoms with Gasteiger partial charge in [-0.3, -0.25) is 9.69 Å². The molecule has 6 nitrogen and oxygen atoms in total. The normalized spacial score (nSPS) is 13.4. The van der Waals surface area contributed by atoms with Gasteiger partial charge in [0, 0.05) is 18.7 Å². The van der Waals surface area contributed by atoms with Crippen LogP contribution < -0.4 is 4.74 Å². The number of benzene rings is 2. The van der Waals surface area contributed by atoms with Crippen LogP contribution in [0.25, 0.3) is 0 Å². The van der Waals surface area contributed by atoms with E-state index in [9.17, 15) is 14.0 Å². The van der Waals surface area contributed by atoms with Gasteiger partial charge in [-0.1, -0.05) is 30.3 Å². The average molecular weight is 372 g/mol. The molecule has 2 amide bonds. The summed E-state index contributed by atoms with van der Waals surface area (Å²) in [6, 6.07) is 13.4. The lowest BCUT2D eigenvalue weighted by Crippen LogP contribution is -2.40. The molecule has 0 atom stereocenters. The van der Waals surface area contributed by atoms with E-state index >= 15 is 0 Å². The largest absolute Gasteiger partial charge is 0.496 e. The number of ether oxygens (including phenoxy) is 2. The minimum absolute atomic E-state index is 0.0603. The van der Waals surface area contributed by atoms with Crippen LogP contribution in [0.15, 0.2) is 48.5 Å². The highest BCUT2D eigenvalue weighted by molar-refractivity contribution is 5.83. The minimum atomic E-state index is -0.484. The van der Waals surface area contributed by atoms with Gasteiger partial charge in [0.25, 0.3) is 0 Å². The summed E-state index contributed by atoms with van der Waals surface area (Å²) in [6.07, 6.45) is -0.484. The lowest BCUT2D eigenvalue weighted by atomic mass is 10.1. The Hall–Kier alpha value is -3.09. The summed E-state index contributed by atoms with van der Waals surface area (Å²) in [7, 11) is 1.57. The number of hydrogen-bond acceptors (Lipinski definition) is 4. The van der Waals surface area contributed by atoms with E-state index in [1.165, 1.54) is 17.0 Å². The predicted octanol–water partition coefficient (Wildman–Crippen LogP) is 2.82. The van der Waals surface area contributed by atoms with Gasteiger partial charge in [-0.2, -0.15) is 0 Å². The van der Waals surface area contributed by atoms with E-state index in [0.29, 0.717) is 25.4 Å². The van der Waals surface area contributed by atoms with E-state index < -0.39 is 6.09 Å². The first-order chi connectivity index (χ1) is 13.1. The molecule has 0 bridgehead atoms. The Kier molecular flexibility index (Phi) is 5.90. The van der Waals surface area contributed by atoms with Crippen molar-refractivity contribution in [3.63, 3.8) is 0 Å². The summed E-state index contributed by atoms with van der Waals surface area (Å²) in [5.41, 5.74) is 1.64. The van der Waals surface area contributed by atoms with Crippen molar-refractivity contribution in [1.29, 1.82) is 0 Å². The summed E-state index contributed by atoms with van der Waals surface area (Å²) in [5.74, 6) is 0.125. The number of amides is 2. The number of cyclic esters (lactones) is 1. The number of para-hydroxylation sites is 1. The van der Waals surface area contributed by atoms with Crippen LogP contribution in [0, 0.1) is 5.82 Å². The fourth-order valence-electron chi connectivity index (χ4n) is 2.91. The summed E-state index contributed by atoms with van der Waals surface area (Å²) < 4.78 is 23.4. The molecule has 1 heterocycles. The zero-order valence-corrected chi connectivity index (χ0v) is 15.1. The highest BCUT2D eigenvalue weighted by Crippen LogP contribution is 2.21. The lowest BCUT2D eigenvalue weighted by molar-refractivity contribution is -0.133. The monoisotopic (exact) mass is 372 g/mol. The Morgan fingerprint density at radius 2 is 1.93 bits per heavy atom. The molecule has 27 heavy (non-hydrogen) atoms. The van der Waals surface area contributed by atoms with Gasteiger partial charge in [-0.25, -0.2) is 9.18 Å². The maximum atomic E-state index is 13.2. The SMILES string of the molecule is COc1ccccc1CN(Cc1ccc(F)cc1)C(=O)CN1CCOC1=O. The maximum Gasteiger partial charge on any atom is 0.410 e. The Morgan fingerprint density at radius 3 is 2.59 bits per heavy atom. The molecule has 2 aromatic rings. The fourth-order valence-corrected chi connectivity index (χ4v) is 2.91. The number of rotatable bonds is 7. The molecule has 7 heteroatoms. The topological polar surface area (TPSA) is 59.1 Å². The molecule has 0 N–H and O–H groups in total. The van der Waals surface area contributed by atoms with Crippen molar-refractivity contribution in [3.05, 3.63) is 65.5 Å². The van der Waals surface area contributed by atoms with E-state index in [-0.39, 0.29) is 24.9 Å². The van der Waals surface area contributed by atoms with Crippen LogP contribution in [0.4, 0.5) is 9.18 Å². The summed E-state index contributed by atoms with van der Waals surface area (Å²) >= 11 is 0. The standard InChI is InChI=1S/C20H21FN2O4/c1-26-18-5-3-2-4-16(18)13-23(12-15-6-8-17(21)9-7-15)19(24)14-22-10-11-27-20(22)25/h2-9H,10-14H2,1H3. The zero-order valence-electron chi connectivity index (χ0n) is 15.1. The summed E-state index contributed by atoms with van der Waals surface area (Å²) in [6.45, 7) is 1.22.